The van der Waals surface area contributed by atoms with Crippen molar-refractivity contribution >= 4 is 34.4 Å². The lowest BCUT2D eigenvalue weighted by Gasteiger charge is -2.14. The summed E-state index contributed by atoms with van der Waals surface area (Å²) in [6.07, 6.45) is 1.81. The van der Waals surface area contributed by atoms with Gasteiger partial charge in [0, 0.05) is 17.4 Å². The Balaban J connectivity index is 1.52. The molecule has 5 rings (SSSR count). The van der Waals surface area contributed by atoms with Gasteiger partial charge in [0.2, 0.25) is 5.91 Å². The predicted molar refractivity (Wildman–Crippen MR) is 148 cm³/mol. The van der Waals surface area contributed by atoms with Gasteiger partial charge in [-0.25, -0.2) is 4.98 Å². The number of fused-ring (bicyclic) bond motifs is 1. The number of aromatic amines is 1. The van der Waals surface area contributed by atoms with Crippen molar-refractivity contribution in [3.05, 3.63) is 107 Å². The molecule has 1 amide bonds. The maximum atomic E-state index is 13.7. The second kappa shape index (κ2) is 10.8. The van der Waals surface area contributed by atoms with Gasteiger partial charge in [0.15, 0.2) is 5.16 Å². The second-order valence-corrected chi connectivity index (χ2v) is 9.52. The lowest BCUT2D eigenvalue weighted by atomic mass is 10.1. The lowest BCUT2D eigenvalue weighted by molar-refractivity contribution is -0.113. The number of nitrogens with zero attached hydrogens (tertiary/aromatic N) is 2. The first kappa shape index (κ1) is 24.4. The number of benzene rings is 3. The van der Waals surface area contributed by atoms with Crippen molar-refractivity contribution in [1.82, 2.24) is 14.5 Å². The molecule has 0 saturated carbocycles. The Morgan fingerprint density at radius 2 is 1.84 bits per heavy atom. The molecule has 0 aliphatic rings. The zero-order chi connectivity index (χ0) is 25.8. The third-order valence-corrected chi connectivity index (χ3v) is 7.04. The largest absolute Gasteiger partial charge is 0.497 e. The molecule has 0 aliphatic heterocycles. The van der Waals surface area contributed by atoms with Gasteiger partial charge in [-0.1, -0.05) is 72.4 Å². The average molecular weight is 511 g/mol. The van der Waals surface area contributed by atoms with Crippen molar-refractivity contribution < 1.29 is 9.53 Å². The van der Waals surface area contributed by atoms with Gasteiger partial charge >= 0.3 is 0 Å². The summed E-state index contributed by atoms with van der Waals surface area (Å²) in [5.74, 6) is 0.645. The maximum Gasteiger partial charge on any atom is 0.278 e. The first-order valence-electron chi connectivity index (χ1n) is 11.8. The molecule has 5 aromatic rings. The number of aromatic nitrogens is 3. The SMILES string of the molecule is COc1cccc(Cn2c(SCC(=O)Nc3ccccc3C)nc3c(-c4ccccc4)c[nH]c3c2=O)c1. The van der Waals surface area contributed by atoms with Crippen LogP contribution in [0, 0.1) is 6.92 Å². The minimum atomic E-state index is -0.197. The third kappa shape index (κ3) is 5.29. The Kier molecular flexibility index (Phi) is 7.09. The highest BCUT2D eigenvalue weighted by molar-refractivity contribution is 7.99. The van der Waals surface area contributed by atoms with E-state index in [1.807, 2.05) is 92.0 Å². The third-order valence-electron chi connectivity index (χ3n) is 6.06. The summed E-state index contributed by atoms with van der Waals surface area (Å²) in [6.45, 7) is 2.24. The van der Waals surface area contributed by atoms with Crippen molar-refractivity contribution in [1.29, 1.82) is 0 Å². The van der Waals surface area contributed by atoms with Gasteiger partial charge in [-0.3, -0.25) is 14.2 Å². The summed E-state index contributed by atoms with van der Waals surface area (Å²) < 4.78 is 6.96. The molecule has 186 valence electrons. The lowest BCUT2D eigenvalue weighted by Crippen LogP contribution is -2.25. The molecular weight excluding hydrogens is 484 g/mol. The molecule has 8 heteroatoms. The average Bonchev–Trinajstić information content (AvgIpc) is 3.35. The number of ether oxygens (including phenoxy) is 1. The van der Waals surface area contributed by atoms with E-state index in [4.69, 9.17) is 9.72 Å². The molecule has 2 N–H and O–H groups in total. The van der Waals surface area contributed by atoms with Gasteiger partial charge in [-0.15, -0.1) is 0 Å². The first-order valence-corrected chi connectivity index (χ1v) is 12.8. The van der Waals surface area contributed by atoms with Gasteiger partial charge in [-0.05, 0) is 41.8 Å². The minimum absolute atomic E-state index is 0.107. The number of anilines is 1. The predicted octanol–water partition coefficient (Wildman–Crippen LogP) is 5.49. The van der Waals surface area contributed by atoms with E-state index in [1.165, 1.54) is 11.8 Å². The highest BCUT2D eigenvalue weighted by Crippen LogP contribution is 2.28. The fourth-order valence-electron chi connectivity index (χ4n) is 4.14. The number of hydrogen-bond donors (Lipinski definition) is 2. The van der Waals surface area contributed by atoms with Crippen LogP contribution in [0.1, 0.15) is 11.1 Å². The Hall–Kier alpha value is -4.30. The molecular formula is C29H26N4O3S. The quantitative estimate of drug-likeness (QED) is 0.213. The molecule has 0 spiro atoms. The number of amides is 1. The zero-order valence-electron chi connectivity index (χ0n) is 20.5. The van der Waals surface area contributed by atoms with Crippen molar-refractivity contribution in [2.75, 3.05) is 18.2 Å². The second-order valence-electron chi connectivity index (χ2n) is 8.58. The number of aryl methyl sites for hydroxylation is 1. The molecule has 0 atom stereocenters. The van der Waals surface area contributed by atoms with Crippen LogP contribution in [0.25, 0.3) is 22.2 Å². The first-order chi connectivity index (χ1) is 18.0. The molecule has 0 bridgehead atoms. The number of nitrogens with one attached hydrogen (secondary N) is 2. The highest BCUT2D eigenvalue weighted by atomic mass is 32.2. The molecule has 2 aromatic heterocycles. The van der Waals surface area contributed by atoms with E-state index in [-0.39, 0.29) is 17.2 Å². The van der Waals surface area contributed by atoms with Crippen LogP contribution in [0.4, 0.5) is 5.69 Å². The Labute approximate surface area is 218 Å². The van der Waals surface area contributed by atoms with Gasteiger partial charge in [0.25, 0.3) is 5.56 Å². The van der Waals surface area contributed by atoms with Crippen LogP contribution in [-0.2, 0) is 11.3 Å². The van der Waals surface area contributed by atoms with E-state index in [9.17, 15) is 9.59 Å². The maximum absolute atomic E-state index is 13.7. The summed E-state index contributed by atoms with van der Waals surface area (Å²) in [6, 6.07) is 25.0. The molecule has 37 heavy (non-hydrogen) atoms. The van der Waals surface area contributed by atoms with Crippen LogP contribution < -0.4 is 15.6 Å². The molecule has 0 fully saturated rings. The molecule has 2 heterocycles. The smallest absolute Gasteiger partial charge is 0.278 e. The van der Waals surface area contributed by atoms with Crippen LogP contribution >= 0.6 is 11.8 Å². The van der Waals surface area contributed by atoms with Crippen LogP contribution in [0.3, 0.4) is 0 Å². The van der Waals surface area contributed by atoms with Gasteiger partial charge in [0.05, 0.1) is 19.4 Å². The fraction of sp³-hybridized carbons (Fsp3) is 0.138. The van der Waals surface area contributed by atoms with Crippen molar-refractivity contribution in [3.63, 3.8) is 0 Å². The van der Waals surface area contributed by atoms with E-state index in [0.717, 1.165) is 27.9 Å². The summed E-state index contributed by atoms with van der Waals surface area (Å²) in [5.41, 5.74) is 5.25. The monoisotopic (exact) mass is 510 g/mol. The number of carbonyl (C=O) groups is 1. The van der Waals surface area contributed by atoms with E-state index in [2.05, 4.69) is 10.3 Å². The summed E-state index contributed by atoms with van der Waals surface area (Å²) in [4.78, 5) is 34.5. The number of methoxy groups -OCH3 is 1. The molecule has 0 unspecified atom stereocenters. The van der Waals surface area contributed by atoms with Gasteiger partial charge in [0.1, 0.15) is 16.8 Å². The number of thioether (sulfide) groups is 1. The fourth-order valence-corrected chi connectivity index (χ4v) is 4.93. The van der Waals surface area contributed by atoms with Crippen LogP contribution in [0.2, 0.25) is 0 Å². The van der Waals surface area contributed by atoms with E-state index >= 15 is 0 Å². The van der Waals surface area contributed by atoms with Gasteiger partial charge in [-0.2, -0.15) is 0 Å². The summed E-state index contributed by atoms with van der Waals surface area (Å²) in [5, 5.41) is 3.42. The Bertz CT molecular complexity index is 1630. The van der Waals surface area contributed by atoms with Crippen molar-refractivity contribution in [3.8, 4) is 16.9 Å². The molecule has 7 nitrogen and oxygen atoms in total. The molecule has 0 saturated heterocycles. The summed E-state index contributed by atoms with van der Waals surface area (Å²) in [7, 11) is 1.61. The molecule has 0 radical (unpaired) electrons. The van der Waals surface area contributed by atoms with Crippen LogP contribution in [0.15, 0.2) is 95.0 Å². The normalized spacial score (nSPS) is 11.0. The van der Waals surface area contributed by atoms with E-state index < -0.39 is 0 Å². The number of rotatable bonds is 8. The van der Waals surface area contributed by atoms with E-state index in [0.29, 0.717) is 28.5 Å². The topological polar surface area (TPSA) is 89.0 Å². The number of hydrogen-bond acceptors (Lipinski definition) is 5. The number of H-pyrrole nitrogens is 1. The number of carbonyl (C=O) groups excluding carboxylic acids is 1. The standard InChI is InChI=1S/C29H26N4O3S/c1-19-9-6-7-14-24(19)31-25(34)18-37-29-32-26-23(21-11-4-3-5-12-21)16-30-27(26)28(35)33(29)17-20-10-8-13-22(15-20)36-2/h3-16,30H,17-18H2,1-2H3,(H,31,34). The van der Waals surface area contributed by atoms with Crippen molar-refractivity contribution in [2.24, 2.45) is 0 Å². The van der Waals surface area contributed by atoms with Crippen LogP contribution in [-0.4, -0.2) is 33.3 Å². The molecule has 3 aromatic carbocycles. The van der Waals surface area contributed by atoms with Gasteiger partial charge < -0.3 is 15.0 Å². The van der Waals surface area contributed by atoms with Crippen LogP contribution in [0.5, 0.6) is 5.75 Å². The Morgan fingerprint density at radius 3 is 2.62 bits per heavy atom. The van der Waals surface area contributed by atoms with E-state index in [1.54, 1.807) is 11.7 Å². The zero-order valence-corrected chi connectivity index (χ0v) is 21.3. The highest BCUT2D eigenvalue weighted by Gasteiger charge is 2.18. The molecule has 0 aliphatic carbocycles. The minimum Gasteiger partial charge on any atom is -0.497 e. The summed E-state index contributed by atoms with van der Waals surface area (Å²) >= 11 is 1.24. The Morgan fingerprint density at radius 1 is 1.05 bits per heavy atom. The number of para-hydroxylation sites is 1. The van der Waals surface area contributed by atoms with Crippen molar-refractivity contribution in [2.45, 2.75) is 18.6 Å².